The summed E-state index contributed by atoms with van der Waals surface area (Å²) < 4.78 is 20.0. The average molecular weight is 347 g/mol. The number of nitrogens with one attached hydrogen (secondary N) is 1. The van der Waals surface area contributed by atoms with Crippen LogP contribution in [-0.2, 0) is 0 Å². The molecule has 0 fully saturated rings. The summed E-state index contributed by atoms with van der Waals surface area (Å²) in [6, 6.07) is 4.64. The van der Waals surface area contributed by atoms with Crippen molar-refractivity contribution in [1.29, 1.82) is 0 Å². The van der Waals surface area contributed by atoms with Gasteiger partial charge in [0.05, 0.1) is 17.3 Å². The van der Waals surface area contributed by atoms with E-state index in [1.165, 1.54) is 6.07 Å². The van der Waals surface area contributed by atoms with Crippen LogP contribution in [0.5, 0.6) is 0 Å². The van der Waals surface area contributed by atoms with Crippen LogP contribution >= 0.6 is 27.5 Å². The van der Waals surface area contributed by atoms with Gasteiger partial charge in [-0.1, -0.05) is 18.5 Å². The molecule has 2 aromatic rings. The smallest absolute Gasteiger partial charge is 0.129 e. The van der Waals surface area contributed by atoms with Crippen LogP contribution < -0.4 is 5.32 Å². The minimum Gasteiger partial charge on any atom is -0.469 e. The molecule has 0 bridgehead atoms. The fourth-order valence-corrected chi connectivity index (χ4v) is 2.47. The number of furan rings is 1. The number of halogens is 3. The Morgan fingerprint density at radius 2 is 2.16 bits per heavy atom. The standard InChI is InChI=1S/C14H14BrClFNO/c1-3-18-14(9-4-8(2)19-7-9)10-5-12(16)11(15)6-13(10)17/h4-7,14,18H,3H2,1-2H3. The van der Waals surface area contributed by atoms with Crippen molar-refractivity contribution in [2.75, 3.05) is 6.54 Å². The first-order valence-electron chi connectivity index (χ1n) is 5.95. The quantitative estimate of drug-likeness (QED) is 0.801. The van der Waals surface area contributed by atoms with E-state index >= 15 is 0 Å². The monoisotopic (exact) mass is 345 g/mol. The van der Waals surface area contributed by atoms with Crippen molar-refractivity contribution in [2.24, 2.45) is 0 Å². The average Bonchev–Trinajstić information content (AvgIpc) is 2.78. The summed E-state index contributed by atoms with van der Waals surface area (Å²) in [4.78, 5) is 0. The predicted molar refractivity (Wildman–Crippen MR) is 78.1 cm³/mol. The van der Waals surface area contributed by atoms with Gasteiger partial charge in [0.15, 0.2) is 0 Å². The van der Waals surface area contributed by atoms with Gasteiger partial charge in [0.25, 0.3) is 0 Å². The minimum absolute atomic E-state index is 0.270. The van der Waals surface area contributed by atoms with Crippen LogP contribution in [0.3, 0.4) is 0 Å². The molecule has 2 rings (SSSR count). The molecular formula is C14H14BrClFNO. The van der Waals surface area contributed by atoms with E-state index in [-0.39, 0.29) is 11.9 Å². The molecule has 1 aromatic carbocycles. The third-order valence-corrected chi connectivity index (χ3v) is 4.04. The van der Waals surface area contributed by atoms with E-state index < -0.39 is 0 Å². The zero-order chi connectivity index (χ0) is 14.0. The lowest BCUT2D eigenvalue weighted by molar-refractivity contribution is 0.520. The van der Waals surface area contributed by atoms with Crippen molar-refractivity contribution < 1.29 is 8.81 Å². The second-order valence-electron chi connectivity index (χ2n) is 4.27. The third-order valence-electron chi connectivity index (χ3n) is 2.84. The molecule has 1 heterocycles. The third kappa shape index (κ3) is 3.19. The van der Waals surface area contributed by atoms with Crippen molar-refractivity contribution in [3.05, 3.63) is 56.7 Å². The fraction of sp³-hybridized carbons (Fsp3) is 0.286. The molecule has 19 heavy (non-hydrogen) atoms. The van der Waals surface area contributed by atoms with E-state index in [9.17, 15) is 4.39 Å². The predicted octanol–water partition coefficient (Wildman–Crippen LogP) is 4.84. The molecule has 1 N–H and O–H groups in total. The van der Waals surface area contributed by atoms with Gasteiger partial charge in [-0.15, -0.1) is 0 Å². The van der Waals surface area contributed by atoms with Crippen LogP contribution in [0.1, 0.15) is 29.9 Å². The van der Waals surface area contributed by atoms with E-state index in [1.807, 2.05) is 19.9 Å². The maximum Gasteiger partial charge on any atom is 0.129 e. The maximum atomic E-state index is 14.1. The molecule has 1 aromatic heterocycles. The summed E-state index contributed by atoms with van der Waals surface area (Å²) in [6.07, 6.45) is 1.64. The van der Waals surface area contributed by atoms with Crippen LogP contribution in [0.15, 0.2) is 33.4 Å². The molecule has 0 saturated carbocycles. The lowest BCUT2D eigenvalue weighted by atomic mass is 10.0. The number of aryl methyl sites for hydroxylation is 1. The maximum absolute atomic E-state index is 14.1. The van der Waals surface area contributed by atoms with Crippen molar-refractivity contribution >= 4 is 27.5 Å². The summed E-state index contributed by atoms with van der Waals surface area (Å²) >= 11 is 9.28. The first kappa shape index (κ1) is 14.6. The van der Waals surface area contributed by atoms with Crippen LogP contribution in [-0.4, -0.2) is 6.54 Å². The van der Waals surface area contributed by atoms with Crippen LogP contribution in [0, 0.1) is 12.7 Å². The Kier molecular flexibility index (Phi) is 4.66. The molecule has 0 spiro atoms. The lowest BCUT2D eigenvalue weighted by Gasteiger charge is -2.18. The van der Waals surface area contributed by atoms with E-state index in [0.29, 0.717) is 21.6 Å². The zero-order valence-electron chi connectivity index (χ0n) is 10.6. The lowest BCUT2D eigenvalue weighted by Crippen LogP contribution is -2.22. The summed E-state index contributed by atoms with van der Waals surface area (Å²) in [5.74, 6) is 0.489. The Hall–Kier alpha value is -0.840. The molecule has 0 aliphatic rings. The van der Waals surface area contributed by atoms with Gasteiger partial charge >= 0.3 is 0 Å². The van der Waals surface area contributed by atoms with E-state index in [4.69, 9.17) is 16.0 Å². The molecule has 0 radical (unpaired) electrons. The van der Waals surface area contributed by atoms with Crippen LogP contribution in [0.4, 0.5) is 4.39 Å². The molecule has 0 aliphatic heterocycles. The molecule has 0 aliphatic carbocycles. The second kappa shape index (κ2) is 6.07. The number of hydrogen-bond acceptors (Lipinski definition) is 2. The minimum atomic E-state index is -0.305. The fourth-order valence-electron chi connectivity index (χ4n) is 1.99. The van der Waals surface area contributed by atoms with Gasteiger partial charge in [0, 0.05) is 15.6 Å². The first-order valence-corrected chi connectivity index (χ1v) is 7.13. The molecule has 1 unspecified atom stereocenters. The van der Waals surface area contributed by atoms with E-state index in [0.717, 1.165) is 11.3 Å². The van der Waals surface area contributed by atoms with Crippen molar-refractivity contribution in [3.8, 4) is 0 Å². The van der Waals surface area contributed by atoms with E-state index in [2.05, 4.69) is 21.2 Å². The zero-order valence-corrected chi connectivity index (χ0v) is 13.0. The van der Waals surface area contributed by atoms with Gasteiger partial charge in [0.1, 0.15) is 11.6 Å². The van der Waals surface area contributed by atoms with Gasteiger partial charge in [-0.25, -0.2) is 4.39 Å². The summed E-state index contributed by atoms with van der Waals surface area (Å²) in [7, 11) is 0. The highest BCUT2D eigenvalue weighted by Gasteiger charge is 2.20. The Labute approximate surface area is 125 Å². The molecule has 5 heteroatoms. The summed E-state index contributed by atoms with van der Waals surface area (Å²) in [5, 5.41) is 3.73. The van der Waals surface area contributed by atoms with Crippen molar-refractivity contribution in [1.82, 2.24) is 5.32 Å². The number of benzene rings is 1. The molecular weight excluding hydrogens is 333 g/mol. The second-order valence-corrected chi connectivity index (χ2v) is 5.53. The molecule has 0 saturated heterocycles. The Morgan fingerprint density at radius 3 is 2.74 bits per heavy atom. The van der Waals surface area contributed by atoms with Crippen molar-refractivity contribution in [3.63, 3.8) is 0 Å². The Balaban J connectivity index is 2.47. The summed E-state index contributed by atoms with van der Waals surface area (Å²) in [5.41, 5.74) is 1.40. The molecule has 1 atom stereocenters. The van der Waals surface area contributed by atoms with E-state index in [1.54, 1.807) is 12.3 Å². The molecule has 2 nitrogen and oxygen atoms in total. The highest BCUT2D eigenvalue weighted by Crippen LogP contribution is 2.32. The van der Waals surface area contributed by atoms with Gasteiger partial charge in [-0.05, 0) is 47.6 Å². The molecule has 102 valence electrons. The highest BCUT2D eigenvalue weighted by atomic mass is 79.9. The first-order chi connectivity index (χ1) is 9.02. The van der Waals surface area contributed by atoms with Gasteiger partial charge < -0.3 is 9.73 Å². The topological polar surface area (TPSA) is 25.2 Å². The largest absolute Gasteiger partial charge is 0.469 e. The van der Waals surface area contributed by atoms with Gasteiger partial charge in [0.2, 0.25) is 0 Å². The SMILES string of the molecule is CCNC(c1coc(C)c1)c1cc(Cl)c(Br)cc1F. The Bertz CT molecular complexity index is 585. The van der Waals surface area contributed by atoms with Gasteiger partial charge in [-0.2, -0.15) is 0 Å². The van der Waals surface area contributed by atoms with Crippen LogP contribution in [0.25, 0.3) is 0 Å². The summed E-state index contributed by atoms with van der Waals surface area (Å²) in [6.45, 7) is 4.54. The number of rotatable bonds is 4. The Morgan fingerprint density at radius 1 is 1.42 bits per heavy atom. The normalized spacial score (nSPS) is 12.7. The molecule has 0 amide bonds. The highest BCUT2D eigenvalue weighted by molar-refractivity contribution is 9.10. The number of hydrogen-bond donors (Lipinski definition) is 1. The van der Waals surface area contributed by atoms with Crippen molar-refractivity contribution in [2.45, 2.75) is 19.9 Å². The van der Waals surface area contributed by atoms with Gasteiger partial charge in [-0.3, -0.25) is 0 Å². The van der Waals surface area contributed by atoms with Crippen LogP contribution in [0.2, 0.25) is 5.02 Å².